The summed E-state index contributed by atoms with van der Waals surface area (Å²) in [6.07, 6.45) is 0. The molecule has 1 unspecified atom stereocenters. The van der Waals surface area contributed by atoms with Crippen LogP contribution in [-0.4, -0.2) is 30.7 Å². The third-order valence-corrected chi connectivity index (χ3v) is 4.10. The molecule has 1 aromatic heterocycles. The molecule has 2 heterocycles. The highest BCUT2D eigenvalue weighted by molar-refractivity contribution is 7.22. The van der Waals surface area contributed by atoms with E-state index < -0.39 is 0 Å². The topological polar surface area (TPSA) is 28.2 Å². The van der Waals surface area contributed by atoms with Crippen molar-refractivity contribution >= 4 is 39.1 Å². The van der Waals surface area contributed by atoms with E-state index in [1.165, 1.54) is 4.70 Å². The zero-order valence-electron chi connectivity index (χ0n) is 9.72. The number of para-hydroxylation sites is 1. The molecule has 5 heteroatoms. The molecule has 0 radical (unpaired) electrons. The minimum absolute atomic E-state index is 0. The number of rotatable bonds is 1. The molecule has 1 saturated heterocycles. The van der Waals surface area contributed by atoms with Gasteiger partial charge in [-0.25, -0.2) is 4.98 Å². The van der Waals surface area contributed by atoms with Crippen molar-refractivity contribution in [1.82, 2.24) is 10.3 Å². The van der Waals surface area contributed by atoms with Crippen molar-refractivity contribution < 1.29 is 0 Å². The summed E-state index contributed by atoms with van der Waals surface area (Å²) in [6.45, 7) is 5.41. The number of piperazine rings is 1. The van der Waals surface area contributed by atoms with E-state index in [0.29, 0.717) is 6.04 Å². The summed E-state index contributed by atoms with van der Waals surface area (Å²) in [7, 11) is 0. The zero-order valence-corrected chi connectivity index (χ0v) is 11.4. The van der Waals surface area contributed by atoms with Gasteiger partial charge in [-0.15, -0.1) is 12.4 Å². The molecule has 0 bridgehead atoms. The van der Waals surface area contributed by atoms with Crippen molar-refractivity contribution in [2.75, 3.05) is 24.5 Å². The highest BCUT2D eigenvalue weighted by atomic mass is 35.5. The number of anilines is 1. The number of nitrogens with zero attached hydrogens (tertiary/aromatic N) is 2. The number of halogens is 1. The van der Waals surface area contributed by atoms with Gasteiger partial charge < -0.3 is 10.2 Å². The minimum atomic E-state index is 0. The van der Waals surface area contributed by atoms with Crippen LogP contribution < -0.4 is 10.2 Å². The Hall–Kier alpha value is -0.840. The summed E-state index contributed by atoms with van der Waals surface area (Å²) >= 11 is 1.79. The predicted octanol–water partition coefficient (Wildman–Crippen LogP) is 2.52. The van der Waals surface area contributed by atoms with E-state index in [-0.39, 0.29) is 12.4 Å². The van der Waals surface area contributed by atoms with Crippen molar-refractivity contribution in [2.45, 2.75) is 13.0 Å². The Balaban J connectivity index is 0.00000108. The molecule has 1 N–H and O–H groups in total. The van der Waals surface area contributed by atoms with Crippen LogP contribution in [-0.2, 0) is 0 Å². The third-order valence-electron chi connectivity index (χ3n) is 3.03. The van der Waals surface area contributed by atoms with Crippen LogP contribution in [0.15, 0.2) is 24.3 Å². The molecule has 3 rings (SSSR count). The summed E-state index contributed by atoms with van der Waals surface area (Å²) in [6, 6.07) is 8.89. The number of benzene rings is 1. The molecular weight excluding hydrogens is 254 g/mol. The van der Waals surface area contributed by atoms with Gasteiger partial charge in [0.1, 0.15) is 0 Å². The first-order valence-corrected chi connectivity index (χ1v) is 6.49. The van der Waals surface area contributed by atoms with Crippen LogP contribution in [0.4, 0.5) is 5.13 Å². The van der Waals surface area contributed by atoms with Crippen LogP contribution in [0.1, 0.15) is 6.92 Å². The summed E-state index contributed by atoms with van der Waals surface area (Å²) in [5.41, 5.74) is 1.12. The van der Waals surface area contributed by atoms with Crippen LogP contribution >= 0.6 is 23.7 Å². The van der Waals surface area contributed by atoms with Gasteiger partial charge in [-0.2, -0.15) is 0 Å². The molecule has 1 atom stereocenters. The average Bonchev–Trinajstić information content (AvgIpc) is 2.73. The lowest BCUT2D eigenvalue weighted by atomic mass is 10.2. The first-order valence-electron chi connectivity index (χ1n) is 5.67. The summed E-state index contributed by atoms with van der Waals surface area (Å²) < 4.78 is 1.28. The first-order chi connectivity index (χ1) is 7.84. The molecule has 0 spiro atoms. The second-order valence-electron chi connectivity index (χ2n) is 4.21. The molecule has 0 aliphatic carbocycles. The van der Waals surface area contributed by atoms with Gasteiger partial charge in [-0.05, 0) is 19.1 Å². The van der Waals surface area contributed by atoms with E-state index in [1.54, 1.807) is 11.3 Å². The van der Waals surface area contributed by atoms with E-state index in [4.69, 9.17) is 4.98 Å². The number of thiazole rings is 1. The van der Waals surface area contributed by atoms with Gasteiger partial charge in [0.05, 0.1) is 10.2 Å². The van der Waals surface area contributed by atoms with E-state index in [9.17, 15) is 0 Å². The van der Waals surface area contributed by atoms with E-state index in [1.807, 2.05) is 6.07 Å². The van der Waals surface area contributed by atoms with Crippen LogP contribution in [0.3, 0.4) is 0 Å². The maximum atomic E-state index is 4.70. The van der Waals surface area contributed by atoms with Crippen molar-refractivity contribution in [3.05, 3.63) is 24.3 Å². The summed E-state index contributed by atoms with van der Waals surface area (Å²) in [5.74, 6) is 0. The normalized spacial score (nSPS) is 20.3. The second kappa shape index (κ2) is 5.21. The molecule has 0 amide bonds. The Kier molecular flexibility index (Phi) is 3.86. The number of nitrogens with one attached hydrogen (secondary N) is 1. The third kappa shape index (κ3) is 2.39. The van der Waals surface area contributed by atoms with Gasteiger partial charge >= 0.3 is 0 Å². The Labute approximate surface area is 111 Å². The van der Waals surface area contributed by atoms with Crippen molar-refractivity contribution in [2.24, 2.45) is 0 Å². The van der Waals surface area contributed by atoms with Crippen LogP contribution in [0, 0.1) is 0 Å². The van der Waals surface area contributed by atoms with Gasteiger partial charge in [-0.1, -0.05) is 23.5 Å². The van der Waals surface area contributed by atoms with Crippen molar-refractivity contribution in [3.63, 3.8) is 0 Å². The van der Waals surface area contributed by atoms with Crippen LogP contribution in [0.25, 0.3) is 10.2 Å². The van der Waals surface area contributed by atoms with Crippen LogP contribution in [0.2, 0.25) is 0 Å². The smallest absolute Gasteiger partial charge is 0.186 e. The fourth-order valence-corrected chi connectivity index (χ4v) is 3.20. The fraction of sp³-hybridized carbons (Fsp3) is 0.417. The molecule has 1 fully saturated rings. The van der Waals surface area contributed by atoms with Gasteiger partial charge in [0.15, 0.2) is 5.13 Å². The average molecular weight is 270 g/mol. The number of fused-ring (bicyclic) bond motifs is 1. The maximum absolute atomic E-state index is 4.70. The summed E-state index contributed by atoms with van der Waals surface area (Å²) in [5, 5.41) is 4.57. The lowest BCUT2D eigenvalue weighted by molar-refractivity contribution is 0.500. The van der Waals surface area contributed by atoms with E-state index >= 15 is 0 Å². The van der Waals surface area contributed by atoms with Crippen molar-refractivity contribution in [1.29, 1.82) is 0 Å². The molecular formula is C12H16ClN3S. The molecule has 3 nitrogen and oxygen atoms in total. The Morgan fingerprint density at radius 2 is 2.24 bits per heavy atom. The monoisotopic (exact) mass is 269 g/mol. The molecule has 92 valence electrons. The molecule has 1 aliphatic heterocycles. The molecule has 0 saturated carbocycles. The second-order valence-corrected chi connectivity index (χ2v) is 5.22. The highest BCUT2D eigenvalue weighted by Gasteiger charge is 2.20. The standard InChI is InChI=1S/C12H15N3S.ClH/c1-9-8-13-6-7-15(9)12-14-10-4-2-3-5-11(10)16-12;/h2-5,9,13H,6-8H2,1H3;1H. The molecule has 17 heavy (non-hydrogen) atoms. The Bertz CT molecular complexity index is 466. The lowest BCUT2D eigenvalue weighted by Crippen LogP contribution is -2.49. The number of aromatic nitrogens is 1. The minimum Gasteiger partial charge on any atom is -0.343 e. The lowest BCUT2D eigenvalue weighted by Gasteiger charge is -2.33. The predicted molar refractivity (Wildman–Crippen MR) is 76.5 cm³/mol. The largest absolute Gasteiger partial charge is 0.343 e. The Morgan fingerprint density at radius 1 is 1.41 bits per heavy atom. The molecule has 2 aromatic rings. The number of hydrogen-bond acceptors (Lipinski definition) is 4. The molecule has 1 aliphatic rings. The summed E-state index contributed by atoms with van der Waals surface area (Å²) in [4.78, 5) is 7.11. The zero-order chi connectivity index (χ0) is 11.0. The van der Waals surface area contributed by atoms with Gasteiger partial charge in [0.25, 0.3) is 0 Å². The van der Waals surface area contributed by atoms with E-state index in [0.717, 1.165) is 30.3 Å². The van der Waals surface area contributed by atoms with Crippen molar-refractivity contribution in [3.8, 4) is 0 Å². The number of hydrogen-bond donors (Lipinski definition) is 1. The first kappa shape index (κ1) is 12.6. The van der Waals surface area contributed by atoms with E-state index in [2.05, 4.69) is 35.3 Å². The fourth-order valence-electron chi connectivity index (χ4n) is 2.11. The van der Waals surface area contributed by atoms with Gasteiger partial charge in [0, 0.05) is 25.7 Å². The van der Waals surface area contributed by atoms with Crippen LogP contribution in [0.5, 0.6) is 0 Å². The highest BCUT2D eigenvalue weighted by Crippen LogP contribution is 2.29. The Morgan fingerprint density at radius 3 is 3.00 bits per heavy atom. The quantitative estimate of drug-likeness (QED) is 0.862. The SMILES string of the molecule is CC1CNCCN1c1nc2ccccc2s1.Cl. The maximum Gasteiger partial charge on any atom is 0.186 e. The van der Waals surface area contributed by atoms with Gasteiger partial charge in [-0.3, -0.25) is 0 Å². The van der Waals surface area contributed by atoms with Gasteiger partial charge in [0.2, 0.25) is 0 Å². The molecule has 1 aromatic carbocycles.